The zero-order chi connectivity index (χ0) is 29.0. The Balaban J connectivity index is 0.000000681. The van der Waals surface area contributed by atoms with Crippen molar-refractivity contribution in [3.8, 4) is 11.8 Å². The minimum Gasteiger partial charge on any atom is -0.480 e. The summed E-state index contributed by atoms with van der Waals surface area (Å²) in [6.45, 7) is 4.53. The summed E-state index contributed by atoms with van der Waals surface area (Å²) in [5.74, 6) is 5.77. The van der Waals surface area contributed by atoms with Gasteiger partial charge in [-0.25, -0.2) is 19.6 Å². The number of aliphatic hydroxyl groups excluding tert-OH is 1. The van der Waals surface area contributed by atoms with E-state index in [0.717, 1.165) is 36.0 Å². The number of hydrogen-bond donors (Lipinski definition) is 3. The van der Waals surface area contributed by atoms with Gasteiger partial charge in [-0.15, -0.1) is 5.92 Å². The number of carboxylic acid groups (broad SMARTS) is 1. The number of benzene rings is 1. The number of nitrogens with two attached hydrogens (primary N) is 1. The highest BCUT2D eigenvalue weighted by molar-refractivity contribution is 5.80. The third-order valence-electron chi connectivity index (χ3n) is 6.64. The Morgan fingerprint density at radius 2 is 1.90 bits per heavy atom. The minimum atomic E-state index is -1.19. The summed E-state index contributed by atoms with van der Waals surface area (Å²) >= 11 is 0. The van der Waals surface area contributed by atoms with Crippen molar-refractivity contribution in [2.75, 3.05) is 24.6 Å². The number of rotatable bonds is 5. The third kappa shape index (κ3) is 5.73. The SMILES string of the molecule is CC#CCn1c(N2CCC[C@@H](N)C2)nc2c1c(=O)n(Cc1nc(C)c3ccccc3n1)c(=O)n2C.O=C(O)CO. The van der Waals surface area contributed by atoms with Crippen LogP contribution in [-0.4, -0.2) is 70.6 Å². The van der Waals surface area contributed by atoms with Crippen molar-refractivity contribution < 1.29 is 15.0 Å². The van der Waals surface area contributed by atoms with Crippen LogP contribution >= 0.6 is 0 Å². The Kier molecular flexibility index (Phi) is 8.61. The maximum absolute atomic E-state index is 13.7. The fraction of sp³-hybridized carbons (Fsp3) is 0.407. The molecule has 3 aromatic heterocycles. The number of carboxylic acids is 1. The maximum atomic E-state index is 13.7. The Hall–Kier alpha value is -4.54. The molecule has 4 N–H and O–H groups in total. The number of aryl methyl sites for hydroxylation is 2. The van der Waals surface area contributed by atoms with Gasteiger partial charge in [0.05, 0.1) is 18.6 Å². The number of aliphatic carboxylic acids is 1. The average molecular weight is 549 g/mol. The van der Waals surface area contributed by atoms with Crippen molar-refractivity contribution in [2.24, 2.45) is 12.8 Å². The number of nitrogens with zero attached hydrogens (tertiary/aromatic N) is 7. The predicted molar refractivity (Wildman–Crippen MR) is 150 cm³/mol. The Morgan fingerprint density at radius 1 is 1.18 bits per heavy atom. The first-order valence-electron chi connectivity index (χ1n) is 12.8. The smallest absolute Gasteiger partial charge is 0.332 e. The third-order valence-corrected chi connectivity index (χ3v) is 6.64. The van der Waals surface area contributed by atoms with Crippen LogP contribution in [-0.2, 0) is 24.9 Å². The molecule has 0 amide bonds. The van der Waals surface area contributed by atoms with Crippen LogP contribution in [0.25, 0.3) is 22.1 Å². The van der Waals surface area contributed by atoms with Crippen LogP contribution in [0.4, 0.5) is 5.95 Å². The first-order valence-corrected chi connectivity index (χ1v) is 12.8. The van der Waals surface area contributed by atoms with Crippen molar-refractivity contribution >= 4 is 34.0 Å². The van der Waals surface area contributed by atoms with E-state index in [1.54, 1.807) is 18.5 Å². The lowest BCUT2D eigenvalue weighted by Crippen LogP contribution is -2.44. The molecule has 0 saturated carbocycles. The molecule has 0 bridgehead atoms. The number of aliphatic hydroxyl groups is 1. The molecular formula is C27H32N8O5. The number of imidazole rings is 1. The number of carbonyl (C=O) groups is 1. The standard InChI is InChI=1S/C25H28N8O2.C2H4O3/c1-4-5-13-32-21-22(29-24(32)31-12-8-9-17(26)14-31)30(3)25(35)33(23(21)34)15-20-27-16(2)18-10-6-7-11-19(18)28-20;3-1-2(4)5/h6-7,10-11,17H,8-9,12-15,26H2,1-3H3;3H,1H2,(H,4,5)/t17-;/m1./s1. The Morgan fingerprint density at radius 3 is 2.58 bits per heavy atom. The summed E-state index contributed by atoms with van der Waals surface area (Å²) in [6, 6.07) is 7.71. The zero-order valence-electron chi connectivity index (χ0n) is 22.7. The van der Waals surface area contributed by atoms with E-state index in [9.17, 15) is 9.59 Å². The van der Waals surface area contributed by atoms with Crippen molar-refractivity contribution in [1.29, 1.82) is 0 Å². The fourth-order valence-electron chi connectivity index (χ4n) is 4.75. The summed E-state index contributed by atoms with van der Waals surface area (Å²) in [4.78, 5) is 52.1. The molecule has 0 spiro atoms. The van der Waals surface area contributed by atoms with Crippen LogP contribution in [0, 0.1) is 18.8 Å². The molecule has 0 aliphatic carbocycles. The first-order chi connectivity index (χ1) is 19.2. The van der Waals surface area contributed by atoms with Crippen LogP contribution in [0.2, 0.25) is 0 Å². The molecule has 210 valence electrons. The van der Waals surface area contributed by atoms with Gasteiger partial charge in [0.2, 0.25) is 5.95 Å². The topological polar surface area (TPSA) is 174 Å². The van der Waals surface area contributed by atoms with E-state index in [0.29, 0.717) is 29.5 Å². The molecule has 1 saturated heterocycles. The molecule has 5 rings (SSSR count). The summed E-state index contributed by atoms with van der Waals surface area (Å²) < 4.78 is 4.39. The van der Waals surface area contributed by atoms with Gasteiger partial charge in [0.15, 0.2) is 11.2 Å². The largest absolute Gasteiger partial charge is 0.480 e. The molecule has 1 fully saturated rings. The van der Waals surface area contributed by atoms with E-state index >= 15 is 0 Å². The van der Waals surface area contributed by atoms with Gasteiger partial charge in [0.1, 0.15) is 12.4 Å². The summed E-state index contributed by atoms with van der Waals surface area (Å²) in [5.41, 5.74) is 7.54. The monoisotopic (exact) mass is 548 g/mol. The van der Waals surface area contributed by atoms with Gasteiger partial charge in [-0.3, -0.25) is 18.5 Å². The van der Waals surface area contributed by atoms with Gasteiger partial charge in [-0.1, -0.05) is 24.1 Å². The number of aromatic nitrogens is 6. The summed E-state index contributed by atoms with van der Waals surface area (Å²) in [5, 5.41) is 16.0. The summed E-state index contributed by atoms with van der Waals surface area (Å²) in [6.07, 6.45) is 1.88. The number of anilines is 1. The lowest BCUT2D eigenvalue weighted by atomic mass is 10.1. The molecule has 1 aromatic carbocycles. The van der Waals surface area contributed by atoms with Crippen molar-refractivity contribution in [3.05, 3.63) is 56.6 Å². The normalized spacial score (nSPS) is 14.9. The van der Waals surface area contributed by atoms with Gasteiger partial charge in [0.25, 0.3) is 5.56 Å². The second-order valence-electron chi connectivity index (χ2n) is 9.47. The molecule has 4 heterocycles. The van der Waals surface area contributed by atoms with E-state index in [2.05, 4.69) is 26.7 Å². The Bertz CT molecular complexity index is 1740. The highest BCUT2D eigenvalue weighted by atomic mass is 16.4. The quantitative estimate of drug-likeness (QED) is 0.293. The van der Waals surface area contributed by atoms with Crippen LogP contribution in [0.3, 0.4) is 0 Å². The molecule has 13 nitrogen and oxygen atoms in total. The van der Waals surface area contributed by atoms with E-state index in [4.69, 9.17) is 25.7 Å². The number of fused-ring (bicyclic) bond motifs is 2. The van der Waals surface area contributed by atoms with E-state index in [1.165, 1.54) is 9.13 Å². The molecule has 1 atom stereocenters. The number of para-hydroxylation sites is 1. The fourth-order valence-corrected chi connectivity index (χ4v) is 4.75. The lowest BCUT2D eigenvalue weighted by Gasteiger charge is -2.31. The molecule has 1 aliphatic rings. The van der Waals surface area contributed by atoms with Crippen LogP contribution in [0.15, 0.2) is 33.9 Å². The van der Waals surface area contributed by atoms with Gasteiger partial charge in [-0.05, 0) is 32.8 Å². The second-order valence-corrected chi connectivity index (χ2v) is 9.47. The summed E-state index contributed by atoms with van der Waals surface area (Å²) in [7, 11) is 1.63. The van der Waals surface area contributed by atoms with Gasteiger partial charge < -0.3 is 20.8 Å². The molecule has 1 aliphatic heterocycles. The molecule has 13 heteroatoms. The number of piperidine rings is 1. The van der Waals surface area contributed by atoms with Crippen LogP contribution in [0.1, 0.15) is 31.3 Å². The zero-order valence-corrected chi connectivity index (χ0v) is 22.7. The molecular weight excluding hydrogens is 516 g/mol. The van der Waals surface area contributed by atoms with Crippen molar-refractivity contribution in [2.45, 2.75) is 45.8 Å². The number of hydrogen-bond acceptors (Lipinski definition) is 9. The molecule has 40 heavy (non-hydrogen) atoms. The second kappa shape index (κ2) is 12.1. The predicted octanol–water partition coefficient (Wildman–Crippen LogP) is 0.211. The molecule has 0 unspecified atom stereocenters. The van der Waals surface area contributed by atoms with E-state index in [-0.39, 0.29) is 19.1 Å². The van der Waals surface area contributed by atoms with E-state index in [1.807, 2.05) is 31.2 Å². The van der Waals surface area contributed by atoms with Crippen LogP contribution in [0.5, 0.6) is 0 Å². The van der Waals surface area contributed by atoms with Gasteiger partial charge in [-0.2, -0.15) is 4.98 Å². The van der Waals surface area contributed by atoms with Crippen LogP contribution < -0.4 is 21.9 Å². The van der Waals surface area contributed by atoms with Crippen molar-refractivity contribution in [3.63, 3.8) is 0 Å². The van der Waals surface area contributed by atoms with Crippen molar-refractivity contribution in [1.82, 2.24) is 28.7 Å². The van der Waals surface area contributed by atoms with Gasteiger partial charge in [0, 0.05) is 37.3 Å². The van der Waals surface area contributed by atoms with E-state index < -0.39 is 23.8 Å². The highest BCUT2D eigenvalue weighted by Gasteiger charge is 2.26. The minimum absolute atomic E-state index is 0.0306. The molecule has 0 radical (unpaired) electrons. The highest BCUT2D eigenvalue weighted by Crippen LogP contribution is 2.23. The lowest BCUT2D eigenvalue weighted by molar-refractivity contribution is -0.140. The Labute approximate surface area is 229 Å². The van der Waals surface area contributed by atoms with Gasteiger partial charge >= 0.3 is 11.7 Å². The average Bonchev–Trinajstić information content (AvgIpc) is 3.33. The maximum Gasteiger partial charge on any atom is 0.332 e. The molecule has 4 aromatic rings. The first kappa shape index (κ1) is 28.5.